The molecule has 0 aromatic heterocycles. The van der Waals surface area contributed by atoms with Crippen LogP contribution in [0.2, 0.25) is 0 Å². The summed E-state index contributed by atoms with van der Waals surface area (Å²) in [6.07, 6.45) is 0.650. The number of hydrogen-bond donors (Lipinski definition) is 2. The van der Waals surface area contributed by atoms with E-state index in [2.05, 4.69) is 0 Å². The zero-order chi connectivity index (χ0) is 18.7. The molecule has 0 fully saturated rings. The van der Waals surface area contributed by atoms with E-state index in [0.29, 0.717) is 48.9 Å². The van der Waals surface area contributed by atoms with Gasteiger partial charge >= 0.3 is 0 Å². The van der Waals surface area contributed by atoms with E-state index in [1.54, 1.807) is 13.2 Å². The Morgan fingerprint density at radius 1 is 1.23 bits per heavy atom. The van der Waals surface area contributed by atoms with Crippen LogP contribution >= 0.6 is 0 Å². The van der Waals surface area contributed by atoms with Crippen LogP contribution in [-0.4, -0.2) is 31.1 Å². The maximum Gasteiger partial charge on any atom is 0.257 e. The van der Waals surface area contributed by atoms with Crippen LogP contribution in [0.5, 0.6) is 11.5 Å². The first-order valence-corrected chi connectivity index (χ1v) is 8.79. The molecule has 0 aliphatic carbocycles. The maximum absolute atomic E-state index is 13.0. The largest absolute Gasteiger partial charge is 0.493 e. The smallest absolute Gasteiger partial charge is 0.257 e. The van der Waals surface area contributed by atoms with Crippen molar-refractivity contribution in [3.8, 4) is 11.5 Å². The Hall–Kier alpha value is -2.73. The van der Waals surface area contributed by atoms with E-state index in [1.165, 1.54) is 0 Å². The van der Waals surface area contributed by atoms with Crippen molar-refractivity contribution in [3.05, 3.63) is 53.1 Å². The number of ether oxygens (including phenoxy) is 2. The Kier molecular flexibility index (Phi) is 5.32. The molecule has 6 heteroatoms. The maximum atomic E-state index is 13.0. The van der Waals surface area contributed by atoms with Crippen LogP contribution in [0.3, 0.4) is 0 Å². The highest BCUT2D eigenvalue weighted by Crippen LogP contribution is 2.38. The average Bonchev–Trinajstić information content (AvgIpc) is 2.97. The minimum absolute atomic E-state index is 0.0506. The summed E-state index contributed by atoms with van der Waals surface area (Å²) in [4.78, 5) is 14.8. The monoisotopic (exact) mass is 355 g/mol. The molecule has 26 heavy (non-hydrogen) atoms. The molecule has 4 N–H and O–H groups in total. The summed E-state index contributed by atoms with van der Waals surface area (Å²) in [7, 11) is 1.61. The number of nitrogen functional groups attached to an aromatic ring is 1. The first-order chi connectivity index (χ1) is 12.6. The van der Waals surface area contributed by atoms with Gasteiger partial charge in [-0.1, -0.05) is 18.2 Å². The van der Waals surface area contributed by atoms with Crippen molar-refractivity contribution in [3.63, 3.8) is 0 Å². The highest BCUT2D eigenvalue weighted by Gasteiger charge is 2.34. The minimum Gasteiger partial charge on any atom is -0.493 e. The third-order valence-corrected chi connectivity index (χ3v) is 4.69. The number of carbonyl (C=O) groups excluding carboxylic acids is 1. The van der Waals surface area contributed by atoms with Crippen LogP contribution in [0.25, 0.3) is 0 Å². The van der Waals surface area contributed by atoms with E-state index >= 15 is 0 Å². The Bertz CT molecular complexity index is 807. The fraction of sp³-hybridized carbons (Fsp3) is 0.350. The van der Waals surface area contributed by atoms with Gasteiger partial charge in [0.2, 0.25) is 0 Å². The molecule has 0 saturated heterocycles. The number of anilines is 1. The first kappa shape index (κ1) is 18.1. The molecule has 2 aromatic carbocycles. The van der Waals surface area contributed by atoms with Gasteiger partial charge in [0.15, 0.2) is 11.5 Å². The van der Waals surface area contributed by atoms with Crippen LogP contribution in [0.4, 0.5) is 5.69 Å². The molecular formula is C20H25N3O3. The Morgan fingerprint density at radius 3 is 2.69 bits per heavy atom. The minimum atomic E-state index is -0.149. The SMILES string of the molecule is CCOc1cc(C(CCN)N2Cc3cccc(N)c3C2=O)ccc1OC. The van der Waals surface area contributed by atoms with Gasteiger partial charge in [0.25, 0.3) is 5.91 Å². The molecule has 1 aliphatic heterocycles. The van der Waals surface area contributed by atoms with Gasteiger partial charge in [-0.2, -0.15) is 0 Å². The number of rotatable bonds is 7. The Morgan fingerprint density at radius 2 is 2.04 bits per heavy atom. The molecule has 1 atom stereocenters. The van der Waals surface area contributed by atoms with E-state index in [1.807, 2.05) is 42.2 Å². The molecule has 0 saturated carbocycles. The topological polar surface area (TPSA) is 90.8 Å². The quantitative estimate of drug-likeness (QED) is 0.745. The zero-order valence-corrected chi connectivity index (χ0v) is 15.2. The van der Waals surface area contributed by atoms with Gasteiger partial charge < -0.3 is 25.8 Å². The van der Waals surface area contributed by atoms with Gasteiger partial charge in [0, 0.05) is 12.2 Å². The van der Waals surface area contributed by atoms with Crippen LogP contribution in [-0.2, 0) is 6.54 Å². The molecular weight excluding hydrogens is 330 g/mol. The Balaban J connectivity index is 1.97. The number of fused-ring (bicyclic) bond motifs is 1. The van der Waals surface area contributed by atoms with Gasteiger partial charge in [-0.25, -0.2) is 0 Å². The second-order valence-corrected chi connectivity index (χ2v) is 6.25. The van der Waals surface area contributed by atoms with Gasteiger partial charge in [-0.15, -0.1) is 0 Å². The summed E-state index contributed by atoms with van der Waals surface area (Å²) >= 11 is 0. The second kappa shape index (κ2) is 7.66. The van der Waals surface area contributed by atoms with Crippen molar-refractivity contribution in [2.45, 2.75) is 25.9 Å². The van der Waals surface area contributed by atoms with Crippen LogP contribution in [0.15, 0.2) is 36.4 Å². The normalized spacial score (nSPS) is 14.3. The van der Waals surface area contributed by atoms with Crippen molar-refractivity contribution in [2.75, 3.05) is 26.0 Å². The predicted octanol–water partition coefficient (Wildman–Crippen LogP) is 2.72. The standard InChI is InChI=1S/C20H25N3O3/c1-3-26-18-11-13(7-8-17(18)25-2)16(9-10-21)23-12-14-5-4-6-15(22)19(14)20(23)24/h4-8,11,16H,3,9-10,12,21-22H2,1-2H3. The summed E-state index contributed by atoms with van der Waals surface area (Å²) < 4.78 is 11.0. The number of nitrogens with zero attached hydrogens (tertiary/aromatic N) is 1. The highest BCUT2D eigenvalue weighted by atomic mass is 16.5. The molecule has 0 radical (unpaired) electrons. The molecule has 1 heterocycles. The third kappa shape index (κ3) is 3.20. The number of amides is 1. The van der Waals surface area contributed by atoms with Gasteiger partial charge in [-0.05, 0) is 49.2 Å². The summed E-state index contributed by atoms with van der Waals surface area (Å²) in [5.74, 6) is 1.28. The lowest BCUT2D eigenvalue weighted by atomic mass is 10.0. The lowest BCUT2D eigenvalue weighted by Crippen LogP contribution is -2.31. The lowest BCUT2D eigenvalue weighted by molar-refractivity contribution is 0.0694. The predicted molar refractivity (Wildman–Crippen MR) is 101 cm³/mol. The first-order valence-electron chi connectivity index (χ1n) is 8.79. The van der Waals surface area contributed by atoms with Gasteiger partial charge in [0.05, 0.1) is 25.3 Å². The van der Waals surface area contributed by atoms with Gasteiger partial charge in [-0.3, -0.25) is 4.79 Å². The number of nitrogens with two attached hydrogens (primary N) is 2. The molecule has 1 aliphatic rings. The molecule has 6 nitrogen and oxygen atoms in total. The lowest BCUT2D eigenvalue weighted by Gasteiger charge is -2.28. The number of methoxy groups -OCH3 is 1. The molecule has 1 unspecified atom stereocenters. The molecule has 138 valence electrons. The third-order valence-electron chi connectivity index (χ3n) is 4.69. The second-order valence-electron chi connectivity index (χ2n) is 6.25. The summed E-state index contributed by atoms with van der Waals surface area (Å²) in [5, 5.41) is 0. The fourth-order valence-corrected chi connectivity index (χ4v) is 3.49. The molecule has 0 spiro atoms. The van der Waals surface area contributed by atoms with E-state index in [4.69, 9.17) is 20.9 Å². The van der Waals surface area contributed by atoms with Crippen molar-refractivity contribution >= 4 is 11.6 Å². The van der Waals surface area contributed by atoms with Crippen molar-refractivity contribution in [2.24, 2.45) is 5.73 Å². The number of carbonyl (C=O) groups is 1. The number of hydrogen-bond acceptors (Lipinski definition) is 5. The molecule has 0 bridgehead atoms. The zero-order valence-electron chi connectivity index (χ0n) is 15.2. The van der Waals surface area contributed by atoms with Crippen molar-refractivity contribution < 1.29 is 14.3 Å². The van der Waals surface area contributed by atoms with Crippen LogP contribution in [0, 0.1) is 0 Å². The highest BCUT2D eigenvalue weighted by molar-refractivity contribution is 6.03. The summed E-state index contributed by atoms with van der Waals surface area (Å²) in [5.41, 5.74) is 14.9. The van der Waals surface area contributed by atoms with Crippen LogP contribution < -0.4 is 20.9 Å². The average molecular weight is 355 g/mol. The van der Waals surface area contributed by atoms with Crippen molar-refractivity contribution in [1.29, 1.82) is 0 Å². The van der Waals surface area contributed by atoms with Crippen molar-refractivity contribution in [1.82, 2.24) is 4.90 Å². The van der Waals surface area contributed by atoms with E-state index < -0.39 is 0 Å². The summed E-state index contributed by atoms with van der Waals surface area (Å²) in [6.45, 7) is 3.45. The number of benzene rings is 2. The molecule has 1 amide bonds. The molecule has 2 aromatic rings. The molecule has 3 rings (SSSR count). The van der Waals surface area contributed by atoms with E-state index in [-0.39, 0.29) is 11.9 Å². The van der Waals surface area contributed by atoms with E-state index in [9.17, 15) is 4.79 Å². The van der Waals surface area contributed by atoms with Crippen LogP contribution in [0.1, 0.15) is 40.9 Å². The van der Waals surface area contributed by atoms with E-state index in [0.717, 1.165) is 11.1 Å². The fourth-order valence-electron chi connectivity index (χ4n) is 3.49. The van der Waals surface area contributed by atoms with Gasteiger partial charge in [0.1, 0.15) is 0 Å². The Labute approximate surface area is 153 Å². The summed E-state index contributed by atoms with van der Waals surface area (Å²) in [6, 6.07) is 11.2.